The molecule has 0 radical (unpaired) electrons. The van der Waals surface area contributed by atoms with E-state index in [2.05, 4.69) is 0 Å². The number of aryl methyl sites for hydroxylation is 1. The van der Waals surface area contributed by atoms with Crippen molar-refractivity contribution >= 4 is 11.6 Å². The quantitative estimate of drug-likeness (QED) is 0.904. The highest BCUT2D eigenvalue weighted by Crippen LogP contribution is 2.43. The maximum Gasteiger partial charge on any atom is 0.234 e. The summed E-state index contributed by atoms with van der Waals surface area (Å²) < 4.78 is 5.34. The molecule has 4 heteroatoms. The summed E-state index contributed by atoms with van der Waals surface area (Å²) in [5.41, 5.74) is 7.36. The highest BCUT2D eigenvalue weighted by molar-refractivity contribution is 5.99. The summed E-state index contributed by atoms with van der Waals surface area (Å²) in [7, 11) is 3.42. The molecule has 0 aromatic heterocycles. The van der Waals surface area contributed by atoms with Gasteiger partial charge in [-0.15, -0.1) is 0 Å². The van der Waals surface area contributed by atoms with Gasteiger partial charge in [-0.1, -0.05) is 12.5 Å². The number of ether oxygens (including phenoxy) is 1. The topological polar surface area (TPSA) is 55.6 Å². The van der Waals surface area contributed by atoms with Crippen molar-refractivity contribution < 1.29 is 9.53 Å². The minimum atomic E-state index is -0.358. The number of carbonyl (C=O) groups is 1. The van der Waals surface area contributed by atoms with Gasteiger partial charge in [-0.05, 0) is 37.5 Å². The SMILES string of the molecule is COc1ccc(C)cc1N(C)C(=O)C1(CN)CCC1. The second kappa shape index (κ2) is 5.21. The number of methoxy groups -OCH3 is 1. The average Bonchev–Trinajstić information content (AvgIpc) is 2.37. The molecule has 1 aromatic rings. The summed E-state index contributed by atoms with van der Waals surface area (Å²) in [4.78, 5) is 14.3. The van der Waals surface area contributed by atoms with E-state index in [1.807, 2.05) is 25.1 Å². The molecule has 1 fully saturated rings. The zero-order chi connectivity index (χ0) is 14.0. The van der Waals surface area contributed by atoms with Crippen LogP contribution in [-0.2, 0) is 4.79 Å². The highest BCUT2D eigenvalue weighted by atomic mass is 16.5. The Bertz CT molecular complexity index is 476. The van der Waals surface area contributed by atoms with Crippen LogP contribution in [0.5, 0.6) is 5.75 Å². The molecule has 2 N–H and O–H groups in total. The van der Waals surface area contributed by atoms with Gasteiger partial charge in [0.05, 0.1) is 18.2 Å². The Morgan fingerprint density at radius 2 is 2.16 bits per heavy atom. The van der Waals surface area contributed by atoms with Crippen LogP contribution in [-0.4, -0.2) is 26.6 Å². The number of hydrogen-bond acceptors (Lipinski definition) is 3. The second-order valence-electron chi connectivity index (χ2n) is 5.38. The van der Waals surface area contributed by atoms with Crippen molar-refractivity contribution in [1.29, 1.82) is 0 Å². The fourth-order valence-electron chi connectivity index (χ4n) is 2.64. The lowest BCUT2D eigenvalue weighted by atomic mass is 9.68. The van der Waals surface area contributed by atoms with Gasteiger partial charge in [-0.25, -0.2) is 0 Å². The van der Waals surface area contributed by atoms with Gasteiger partial charge in [0.2, 0.25) is 5.91 Å². The summed E-state index contributed by atoms with van der Waals surface area (Å²) in [6, 6.07) is 5.84. The highest BCUT2D eigenvalue weighted by Gasteiger charge is 2.44. The van der Waals surface area contributed by atoms with Gasteiger partial charge in [-0.2, -0.15) is 0 Å². The van der Waals surface area contributed by atoms with Gasteiger partial charge >= 0.3 is 0 Å². The van der Waals surface area contributed by atoms with Crippen LogP contribution in [0.4, 0.5) is 5.69 Å². The zero-order valence-corrected chi connectivity index (χ0v) is 11.9. The molecule has 2 rings (SSSR count). The molecule has 104 valence electrons. The number of carbonyl (C=O) groups excluding carboxylic acids is 1. The molecule has 0 spiro atoms. The molecule has 1 saturated carbocycles. The summed E-state index contributed by atoms with van der Waals surface area (Å²) in [5.74, 6) is 0.818. The third-order valence-corrected chi connectivity index (χ3v) is 4.16. The van der Waals surface area contributed by atoms with Crippen LogP contribution < -0.4 is 15.4 Å². The molecule has 0 unspecified atom stereocenters. The summed E-state index contributed by atoms with van der Waals surface area (Å²) in [6.45, 7) is 2.42. The third-order valence-electron chi connectivity index (χ3n) is 4.16. The Hall–Kier alpha value is -1.55. The fraction of sp³-hybridized carbons (Fsp3) is 0.533. The number of nitrogens with zero attached hydrogens (tertiary/aromatic N) is 1. The molecular weight excluding hydrogens is 240 g/mol. The van der Waals surface area contributed by atoms with Gasteiger partial charge < -0.3 is 15.4 Å². The van der Waals surface area contributed by atoms with Gasteiger partial charge in [0.1, 0.15) is 5.75 Å². The van der Waals surface area contributed by atoms with E-state index < -0.39 is 0 Å². The van der Waals surface area contributed by atoms with E-state index in [0.717, 1.165) is 30.5 Å². The predicted octanol–water partition coefficient (Wildman–Crippen LogP) is 2.10. The maximum atomic E-state index is 12.6. The molecule has 1 aliphatic rings. The van der Waals surface area contributed by atoms with E-state index in [9.17, 15) is 4.79 Å². The molecule has 0 heterocycles. The van der Waals surface area contributed by atoms with Crippen molar-refractivity contribution in [2.24, 2.45) is 11.1 Å². The molecule has 1 aliphatic carbocycles. The first kappa shape index (κ1) is 13.9. The summed E-state index contributed by atoms with van der Waals surface area (Å²) in [5, 5.41) is 0. The second-order valence-corrected chi connectivity index (χ2v) is 5.38. The van der Waals surface area contributed by atoms with Gasteiger partial charge in [0, 0.05) is 13.6 Å². The lowest BCUT2D eigenvalue weighted by Crippen LogP contribution is -2.51. The van der Waals surface area contributed by atoms with Gasteiger partial charge in [0.25, 0.3) is 0 Å². The first-order valence-electron chi connectivity index (χ1n) is 6.67. The number of benzene rings is 1. The Balaban J connectivity index is 2.31. The van der Waals surface area contributed by atoms with E-state index in [4.69, 9.17) is 10.5 Å². The van der Waals surface area contributed by atoms with Crippen LogP contribution >= 0.6 is 0 Å². The number of hydrogen-bond donors (Lipinski definition) is 1. The standard InChI is InChI=1S/C15H22N2O2/c1-11-5-6-13(19-3)12(9-11)17(2)14(18)15(10-16)7-4-8-15/h5-6,9H,4,7-8,10,16H2,1-3H3. The molecular formula is C15H22N2O2. The summed E-state index contributed by atoms with van der Waals surface area (Å²) >= 11 is 0. The Morgan fingerprint density at radius 1 is 1.47 bits per heavy atom. The van der Waals surface area contributed by atoms with Crippen molar-refractivity contribution in [3.8, 4) is 5.75 Å². The van der Waals surface area contributed by atoms with Gasteiger partial charge in [-0.3, -0.25) is 4.79 Å². The lowest BCUT2D eigenvalue weighted by Gasteiger charge is -2.41. The van der Waals surface area contributed by atoms with Crippen molar-refractivity contribution in [1.82, 2.24) is 0 Å². The maximum absolute atomic E-state index is 12.6. The van der Waals surface area contributed by atoms with Crippen LogP contribution in [0.15, 0.2) is 18.2 Å². The molecule has 0 saturated heterocycles. The molecule has 0 aliphatic heterocycles. The van der Waals surface area contributed by atoms with Crippen LogP contribution in [0, 0.1) is 12.3 Å². The van der Waals surface area contributed by atoms with E-state index >= 15 is 0 Å². The van der Waals surface area contributed by atoms with Crippen LogP contribution in [0.2, 0.25) is 0 Å². The zero-order valence-electron chi connectivity index (χ0n) is 11.9. The number of amides is 1. The normalized spacial score (nSPS) is 16.6. The first-order valence-corrected chi connectivity index (χ1v) is 6.67. The smallest absolute Gasteiger partial charge is 0.234 e. The van der Waals surface area contributed by atoms with E-state index in [-0.39, 0.29) is 11.3 Å². The van der Waals surface area contributed by atoms with Crippen LogP contribution in [0.1, 0.15) is 24.8 Å². The average molecular weight is 262 g/mol. The minimum absolute atomic E-state index is 0.102. The number of rotatable bonds is 4. The predicted molar refractivity (Wildman–Crippen MR) is 76.5 cm³/mol. The van der Waals surface area contributed by atoms with Crippen LogP contribution in [0.3, 0.4) is 0 Å². The van der Waals surface area contributed by atoms with Crippen molar-refractivity contribution in [3.63, 3.8) is 0 Å². The molecule has 1 aromatic carbocycles. The third kappa shape index (κ3) is 2.32. The Morgan fingerprint density at radius 3 is 2.63 bits per heavy atom. The van der Waals surface area contributed by atoms with E-state index in [1.54, 1.807) is 19.1 Å². The molecule has 4 nitrogen and oxygen atoms in total. The van der Waals surface area contributed by atoms with Crippen molar-refractivity contribution in [3.05, 3.63) is 23.8 Å². The van der Waals surface area contributed by atoms with Crippen molar-refractivity contribution in [2.45, 2.75) is 26.2 Å². The fourth-order valence-corrected chi connectivity index (χ4v) is 2.64. The minimum Gasteiger partial charge on any atom is -0.495 e. The largest absolute Gasteiger partial charge is 0.495 e. The number of nitrogens with two attached hydrogens (primary N) is 1. The molecule has 1 amide bonds. The van der Waals surface area contributed by atoms with Crippen molar-refractivity contribution in [2.75, 3.05) is 25.6 Å². The van der Waals surface area contributed by atoms with E-state index in [0.29, 0.717) is 12.3 Å². The Labute approximate surface area is 114 Å². The summed E-state index contributed by atoms with van der Waals surface area (Å²) in [6.07, 6.45) is 2.86. The van der Waals surface area contributed by atoms with Gasteiger partial charge in [0.15, 0.2) is 0 Å². The number of anilines is 1. The molecule has 0 atom stereocenters. The molecule has 19 heavy (non-hydrogen) atoms. The first-order chi connectivity index (χ1) is 9.04. The van der Waals surface area contributed by atoms with Crippen LogP contribution in [0.25, 0.3) is 0 Å². The van der Waals surface area contributed by atoms with E-state index in [1.165, 1.54) is 0 Å². The Kier molecular flexibility index (Phi) is 3.80. The lowest BCUT2D eigenvalue weighted by molar-refractivity contribution is -0.131. The molecule has 0 bridgehead atoms. The monoisotopic (exact) mass is 262 g/mol.